The Morgan fingerprint density at radius 3 is 2.10 bits per heavy atom. The summed E-state index contributed by atoms with van der Waals surface area (Å²) in [6.07, 6.45) is 13.5. The van der Waals surface area contributed by atoms with Crippen molar-refractivity contribution >= 4 is 69.4 Å². The van der Waals surface area contributed by atoms with Gasteiger partial charge in [-0.05, 0) is 61.1 Å². The van der Waals surface area contributed by atoms with Crippen molar-refractivity contribution in [2.45, 2.75) is 109 Å². The van der Waals surface area contributed by atoms with E-state index >= 15 is 0 Å². The van der Waals surface area contributed by atoms with Crippen molar-refractivity contribution in [3.8, 4) is 5.88 Å². The van der Waals surface area contributed by atoms with Gasteiger partial charge in [-0.15, -0.1) is 0 Å². The van der Waals surface area contributed by atoms with Crippen LogP contribution in [0.3, 0.4) is 0 Å². The van der Waals surface area contributed by atoms with Crippen LogP contribution in [0, 0.1) is 0 Å². The Labute approximate surface area is 387 Å². The van der Waals surface area contributed by atoms with E-state index in [9.17, 15) is 24.3 Å². The van der Waals surface area contributed by atoms with Gasteiger partial charge in [0.2, 0.25) is 29.6 Å². The zero-order chi connectivity index (χ0) is 47.5. The monoisotopic (exact) mass is 917 g/mol. The van der Waals surface area contributed by atoms with Crippen LogP contribution >= 0.6 is 0 Å². The maximum absolute atomic E-state index is 12.9. The number of hydrogen-bond acceptors (Lipinski definition) is 16. The number of H-pyrrole nitrogens is 1. The highest BCUT2D eigenvalue weighted by molar-refractivity contribution is 5.97. The fourth-order valence-corrected chi connectivity index (χ4v) is 7.31. The average molecular weight is 918 g/mol. The van der Waals surface area contributed by atoms with E-state index in [1.165, 1.54) is 6.33 Å². The smallest absolute Gasteiger partial charge is 0.326 e. The summed E-state index contributed by atoms with van der Waals surface area (Å²) in [6, 6.07) is 13.4. The Bertz CT molecular complexity index is 2590. The van der Waals surface area contributed by atoms with Crippen LogP contribution < -0.4 is 42.8 Å². The minimum Gasteiger partial charge on any atom is -0.480 e. The molecule has 11 N–H and O–H groups in total. The number of aliphatic carboxylic acids is 1. The molecule has 0 spiro atoms. The fourth-order valence-electron chi connectivity index (χ4n) is 7.31. The number of rotatable bonds is 27. The van der Waals surface area contributed by atoms with Gasteiger partial charge in [0.05, 0.1) is 24.8 Å². The van der Waals surface area contributed by atoms with Crippen molar-refractivity contribution in [3.05, 3.63) is 83.4 Å². The largest absolute Gasteiger partial charge is 0.480 e. The summed E-state index contributed by atoms with van der Waals surface area (Å²) >= 11 is 0. The highest BCUT2D eigenvalue weighted by atomic mass is 16.5. The SMILES string of the molecule is CN(Cc1cnc2nc(N)nc(N)c2n1)c1ccc(C(=O)N[C@@H](CCCC(=O)NCCCCCCCCCCCC(=O)NCc2ccc(COc3nc(N)nc4nc[nH]c34)cc2)C(=O)O)cc1. The summed E-state index contributed by atoms with van der Waals surface area (Å²) in [7, 11) is 1.85. The van der Waals surface area contributed by atoms with Crippen molar-refractivity contribution < 1.29 is 29.0 Å². The van der Waals surface area contributed by atoms with Crippen LogP contribution in [0.25, 0.3) is 22.3 Å². The molecule has 6 rings (SSSR count). The van der Waals surface area contributed by atoms with Crippen molar-refractivity contribution in [2.75, 3.05) is 35.7 Å². The molecule has 0 aliphatic carbocycles. The normalized spacial score (nSPS) is 11.6. The molecule has 0 saturated carbocycles. The van der Waals surface area contributed by atoms with Crippen LogP contribution in [0.15, 0.2) is 61.1 Å². The number of ether oxygens (including phenoxy) is 1. The number of carboxylic acids is 1. The summed E-state index contributed by atoms with van der Waals surface area (Å²) in [5.41, 5.74) is 22.7. The molecular formula is C46H59N15O6. The third-order valence-corrected chi connectivity index (χ3v) is 11.0. The number of carbonyl (C=O) groups excluding carboxylic acids is 3. The van der Waals surface area contributed by atoms with Crippen LogP contribution in [-0.2, 0) is 34.1 Å². The zero-order valence-corrected chi connectivity index (χ0v) is 37.7. The molecule has 21 nitrogen and oxygen atoms in total. The van der Waals surface area contributed by atoms with E-state index in [0.29, 0.717) is 78.5 Å². The summed E-state index contributed by atoms with van der Waals surface area (Å²) in [4.78, 5) is 83.6. The number of unbranched alkanes of at least 4 members (excludes halogenated alkanes) is 8. The summed E-state index contributed by atoms with van der Waals surface area (Å²) in [5, 5.41) is 18.2. The zero-order valence-electron chi connectivity index (χ0n) is 37.7. The first-order valence-electron chi connectivity index (χ1n) is 22.5. The van der Waals surface area contributed by atoms with Crippen LogP contribution in [0.2, 0.25) is 0 Å². The number of fused-ring (bicyclic) bond motifs is 2. The molecule has 0 aliphatic rings. The Balaban J connectivity index is 0.744. The molecule has 0 unspecified atom stereocenters. The van der Waals surface area contributed by atoms with Crippen LogP contribution in [-0.4, -0.2) is 88.3 Å². The number of nitrogens with zero attached hydrogens (tertiary/aromatic N) is 8. The standard InChI is InChI=1S/C46H59N15O6/c1-61(26-32-25-52-40-37(55-32)39(47)57-45(48)58-40)33-21-19-31(20-22-33)42(64)56-34(44(65)66)12-11-14-35(62)50-23-10-8-6-4-2-3-5-7-9-13-36(63)51-24-29-15-17-30(18-16-29)27-67-43-38-41(54-28-53-38)59-46(49)60-43/h15-22,25,28,34H,2-14,23-24,26-27H2,1H3,(H,50,62)(H,51,63)(H,56,64)(H,65,66)(H4,47,48,52,57,58)(H3,49,53,54,59,60)/t34-/m0/s1. The van der Waals surface area contributed by atoms with Crippen LogP contribution in [0.1, 0.15) is 111 Å². The number of aromatic amines is 1. The number of nitrogens with two attached hydrogens (primary N) is 3. The Hall–Kier alpha value is -7.71. The molecule has 0 fully saturated rings. The van der Waals surface area contributed by atoms with Gasteiger partial charge in [0, 0.05) is 44.2 Å². The van der Waals surface area contributed by atoms with E-state index in [4.69, 9.17) is 21.9 Å². The van der Waals surface area contributed by atoms with Crippen molar-refractivity contribution in [1.29, 1.82) is 0 Å². The van der Waals surface area contributed by atoms with Gasteiger partial charge in [-0.25, -0.2) is 19.7 Å². The molecule has 1 atom stereocenters. The lowest BCUT2D eigenvalue weighted by Crippen LogP contribution is -2.41. The topological polar surface area (TPSA) is 321 Å². The Morgan fingerprint density at radius 2 is 1.37 bits per heavy atom. The maximum Gasteiger partial charge on any atom is 0.326 e. The average Bonchev–Trinajstić information content (AvgIpc) is 3.79. The molecule has 0 bridgehead atoms. The van der Waals surface area contributed by atoms with Gasteiger partial charge in [0.15, 0.2) is 22.6 Å². The third-order valence-electron chi connectivity index (χ3n) is 11.0. The number of nitrogen functional groups attached to an aromatic ring is 3. The lowest BCUT2D eigenvalue weighted by atomic mass is 10.1. The number of benzene rings is 2. The van der Waals surface area contributed by atoms with Gasteiger partial charge in [-0.1, -0.05) is 69.2 Å². The van der Waals surface area contributed by atoms with Gasteiger partial charge in [-0.3, -0.25) is 14.4 Å². The molecule has 4 heterocycles. The minimum atomic E-state index is -1.17. The highest BCUT2D eigenvalue weighted by Crippen LogP contribution is 2.22. The first-order valence-corrected chi connectivity index (χ1v) is 22.5. The maximum atomic E-state index is 12.9. The molecule has 354 valence electrons. The first-order chi connectivity index (χ1) is 32.4. The van der Waals surface area contributed by atoms with E-state index in [0.717, 1.165) is 74.6 Å². The number of hydrogen-bond donors (Lipinski definition) is 8. The quantitative estimate of drug-likeness (QED) is 0.0324. The van der Waals surface area contributed by atoms with E-state index in [-0.39, 0.29) is 42.4 Å². The highest BCUT2D eigenvalue weighted by Gasteiger charge is 2.21. The summed E-state index contributed by atoms with van der Waals surface area (Å²) < 4.78 is 5.84. The molecule has 4 aromatic heterocycles. The third kappa shape index (κ3) is 15.2. The van der Waals surface area contributed by atoms with Gasteiger partial charge in [0.1, 0.15) is 18.2 Å². The molecular weight excluding hydrogens is 859 g/mol. The number of aromatic nitrogens is 8. The fraction of sp³-hybridized carbons (Fsp3) is 0.413. The molecule has 2 aromatic carbocycles. The van der Waals surface area contributed by atoms with Gasteiger partial charge >= 0.3 is 5.97 Å². The van der Waals surface area contributed by atoms with Crippen LogP contribution in [0.4, 0.5) is 23.4 Å². The number of nitrogens with one attached hydrogen (secondary N) is 4. The predicted octanol–water partition coefficient (Wildman–Crippen LogP) is 4.74. The van der Waals surface area contributed by atoms with E-state index in [2.05, 4.69) is 55.8 Å². The second-order valence-electron chi connectivity index (χ2n) is 16.3. The molecule has 0 radical (unpaired) electrons. The molecule has 67 heavy (non-hydrogen) atoms. The molecule has 0 saturated heterocycles. The second-order valence-corrected chi connectivity index (χ2v) is 16.3. The molecule has 6 aromatic rings. The van der Waals surface area contributed by atoms with Crippen molar-refractivity contribution in [1.82, 2.24) is 55.8 Å². The Kier molecular flexibility index (Phi) is 17.9. The van der Waals surface area contributed by atoms with E-state index < -0.39 is 17.9 Å². The van der Waals surface area contributed by atoms with Crippen molar-refractivity contribution in [3.63, 3.8) is 0 Å². The number of carboxylic acid groups (broad SMARTS) is 1. The number of imidazole rings is 1. The van der Waals surface area contributed by atoms with Crippen molar-refractivity contribution in [2.24, 2.45) is 0 Å². The lowest BCUT2D eigenvalue weighted by Gasteiger charge is -2.19. The Morgan fingerprint density at radius 1 is 0.731 bits per heavy atom. The van der Waals surface area contributed by atoms with E-state index in [1.54, 1.807) is 30.5 Å². The van der Waals surface area contributed by atoms with Crippen LogP contribution in [0.5, 0.6) is 5.88 Å². The number of anilines is 4. The van der Waals surface area contributed by atoms with Gasteiger partial charge in [0.25, 0.3) is 5.91 Å². The minimum absolute atomic E-state index is 0.0170. The summed E-state index contributed by atoms with van der Waals surface area (Å²) in [6.45, 7) is 1.70. The van der Waals surface area contributed by atoms with Gasteiger partial charge in [-0.2, -0.15) is 19.9 Å². The second kappa shape index (κ2) is 24.5. The summed E-state index contributed by atoms with van der Waals surface area (Å²) in [5.74, 6) is -1.19. The molecule has 0 aliphatic heterocycles. The molecule has 21 heteroatoms. The predicted molar refractivity (Wildman–Crippen MR) is 253 cm³/mol. The number of amides is 3. The van der Waals surface area contributed by atoms with Gasteiger partial charge < -0.3 is 52.9 Å². The lowest BCUT2D eigenvalue weighted by molar-refractivity contribution is -0.139. The van der Waals surface area contributed by atoms with E-state index in [1.807, 2.05) is 36.2 Å². The molecule has 3 amide bonds. The first kappa shape index (κ1) is 48.7. The number of carbonyl (C=O) groups is 4.